The zero-order valence-corrected chi connectivity index (χ0v) is 34.8. The van der Waals surface area contributed by atoms with Gasteiger partial charge in [0.05, 0.1) is 0 Å². The number of hydrogen-bond donors (Lipinski definition) is 0. The molecule has 6 nitrogen and oxygen atoms in total. The van der Waals surface area contributed by atoms with Crippen LogP contribution >= 0.6 is 0 Å². The van der Waals surface area contributed by atoms with Crippen LogP contribution in [0, 0.1) is 0 Å². The molecule has 0 saturated carbocycles. The van der Waals surface area contributed by atoms with E-state index < -0.39 is 6.10 Å². The highest BCUT2D eigenvalue weighted by molar-refractivity contribution is 5.71. The molecule has 6 heteroatoms. The van der Waals surface area contributed by atoms with E-state index in [1.807, 2.05) is 0 Å². The second-order valence-electron chi connectivity index (χ2n) is 14.6. The largest absolute Gasteiger partial charge is 0.462 e. The number of carbonyl (C=O) groups excluding carboxylic acids is 3. The van der Waals surface area contributed by atoms with Crippen LogP contribution in [0.25, 0.3) is 0 Å². The SMILES string of the molecule is CCCC/C=C\CCCCCCC(=O)OC(COC(=O)CCC/C=C\CCCCCC)COC(=O)CCCCC/C=C\C=C/CCCCCCCCC. The van der Waals surface area contributed by atoms with Crippen LogP contribution in [0.2, 0.25) is 0 Å². The number of ether oxygens (including phenoxy) is 3. The average Bonchev–Trinajstić information content (AvgIpc) is 3.15. The van der Waals surface area contributed by atoms with Crippen molar-refractivity contribution in [3.8, 4) is 0 Å². The molecule has 1 unspecified atom stereocenters. The van der Waals surface area contributed by atoms with E-state index in [4.69, 9.17) is 14.2 Å². The Balaban J connectivity index is 4.41. The van der Waals surface area contributed by atoms with Gasteiger partial charge in [0.1, 0.15) is 13.2 Å². The summed E-state index contributed by atoms with van der Waals surface area (Å²) in [5.74, 6) is -0.979. The predicted molar refractivity (Wildman–Crippen MR) is 224 cm³/mol. The van der Waals surface area contributed by atoms with Crippen molar-refractivity contribution in [3.63, 3.8) is 0 Å². The van der Waals surface area contributed by atoms with Gasteiger partial charge in [0.2, 0.25) is 0 Å². The van der Waals surface area contributed by atoms with Crippen LogP contribution in [0.15, 0.2) is 48.6 Å². The maximum absolute atomic E-state index is 12.6. The van der Waals surface area contributed by atoms with E-state index in [-0.39, 0.29) is 31.1 Å². The van der Waals surface area contributed by atoms with Gasteiger partial charge in [0, 0.05) is 19.3 Å². The number of rotatable bonds is 39. The highest BCUT2D eigenvalue weighted by atomic mass is 16.6. The molecule has 0 radical (unpaired) electrons. The third kappa shape index (κ3) is 40.4. The van der Waals surface area contributed by atoms with Gasteiger partial charge in [-0.3, -0.25) is 14.4 Å². The molecule has 0 aromatic carbocycles. The molecule has 0 fully saturated rings. The average molecular weight is 743 g/mol. The van der Waals surface area contributed by atoms with Crippen LogP contribution < -0.4 is 0 Å². The van der Waals surface area contributed by atoms with Gasteiger partial charge in [-0.05, 0) is 83.5 Å². The molecule has 0 N–H and O–H groups in total. The molecule has 0 bridgehead atoms. The summed E-state index contributed by atoms with van der Waals surface area (Å²) in [6, 6.07) is 0. The van der Waals surface area contributed by atoms with Gasteiger partial charge in [-0.2, -0.15) is 0 Å². The molecular formula is C47H82O6. The molecule has 0 spiro atoms. The summed E-state index contributed by atoms with van der Waals surface area (Å²) in [5, 5.41) is 0. The summed E-state index contributed by atoms with van der Waals surface area (Å²) >= 11 is 0. The molecule has 0 aliphatic rings. The lowest BCUT2D eigenvalue weighted by Gasteiger charge is -2.18. The second-order valence-corrected chi connectivity index (χ2v) is 14.6. The van der Waals surface area contributed by atoms with Crippen LogP contribution in [0.4, 0.5) is 0 Å². The van der Waals surface area contributed by atoms with Crippen molar-refractivity contribution in [2.45, 2.75) is 219 Å². The van der Waals surface area contributed by atoms with Crippen LogP contribution in [-0.2, 0) is 28.6 Å². The minimum Gasteiger partial charge on any atom is -0.462 e. The molecule has 53 heavy (non-hydrogen) atoms. The highest BCUT2D eigenvalue weighted by Crippen LogP contribution is 2.12. The van der Waals surface area contributed by atoms with Gasteiger partial charge >= 0.3 is 17.9 Å². The Labute approximate surface area is 327 Å². The van der Waals surface area contributed by atoms with Crippen molar-refractivity contribution in [2.24, 2.45) is 0 Å². The van der Waals surface area contributed by atoms with E-state index in [1.165, 1.54) is 83.5 Å². The van der Waals surface area contributed by atoms with E-state index in [0.717, 1.165) is 83.5 Å². The van der Waals surface area contributed by atoms with E-state index in [0.29, 0.717) is 25.7 Å². The molecule has 0 rings (SSSR count). The Bertz CT molecular complexity index is 949. The normalized spacial score (nSPS) is 12.4. The zero-order valence-electron chi connectivity index (χ0n) is 34.8. The molecule has 0 aliphatic carbocycles. The molecule has 1 atom stereocenters. The van der Waals surface area contributed by atoms with Crippen molar-refractivity contribution in [1.29, 1.82) is 0 Å². The quantitative estimate of drug-likeness (QED) is 0.0205. The number of esters is 3. The lowest BCUT2D eigenvalue weighted by molar-refractivity contribution is -0.167. The van der Waals surface area contributed by atoms with Crippen molar-refractivity contribution < 1.29 is 28.6 Å². The van der Waals surface area contributed by atoms with Gasteiger partial charge in [0.15, 0.2) is 6.10 Å². The predicted octanol–water partition coefficient (Wildman–Crippen LogP) is 14.0. The fourth-order valence-electron chi connectivity index (χ4n) is 5.89. The highest BCUT2D eigenvalue weighted by Gasteiger charge is 2.19. The Morgan fingerprint density at radius 1 is 0.377 bits per heavy atom. The minimum absolute atomic E-state index is 0.100. The molecule has 0 aliphatic heterocycles. The first kappa shape index (κ1) is 50.4. The third-order valence-corrected chi connectivity index (χ3v) is 9.30. The Hall–Kier alpha value is -2.63. The molecule has 0 amide bonds. The summed E-state index contributed by atoms with van der Waals surface area (Å²) in [6.07, 6.45) is 48.2. The molecule has 0 aromatic rings. The van der Waals surface area contributed by atoms with Crippen LogP contribution in [0.1, 0.15) is 213 Å². The fraction of sp³-hybridized carbons (Fsp3) is 0.766. The van der Waals surface area contributed by atoms with E-state index in [2.05, 4.69) is 69.4 Å². The first-order chi connectivity index (χ1) is 26.0. The monoisotopic (exact) mass is 743 g/mol. The van der Waals surface area contributed by atoms with Crippen LogP contribution in [-0.4, -0.2) is 37.2 Å². The van der Waals surface area contributed by atoms with Crippen LogP contribution in [0.5, 0.6) is 0 Å². The summed E-state index contributed by atoms with van der Waals surface area (Å²) < 4.78 is 16.6. The van der Waals surface area contributed by atoms with Crippen molar-refractivity contribution in [1.82, 2.24) is 0 Å². The maximum Gasteiger partial charge on any atom is 0.306 e. The summed E-state index contributed by atoms with van der Waals surface area (Å²) in [7, 11) is 0. The minimum atomic E-state index is -0.796. The number of allylic oxidation sites excluding steroid dienone is 8. The van der Waals surface area contributed by atoms with Crippen molar-refractivity contribution in [3.05, 3.63) is 48.6 Å². The molecule has 0 aromatic heterocycles. The Kier molecular flexibility index (Phi) is 40.0. The van der Waals surface area contributed by atoms with Gasteiger partial charge in [-0.25, -0.2) is 0 Å². The summed E-state index contributed by atoms with van der Waals surface area (Å²) in [4.78, 5) is 37.5. The topological polar surface area (TPSA) is 78.9 Å². The maximum atomic E-state index is 12.6. The molecular weight excluding hydrogens is 661 g/mol. The van der Waals surface area contributed by atoms with Crippen molar-refractivity contribution in [2.75, 3.05) is 13.2 Å². The summed E-state index contributed by atoms with van der Waals surface area (Å²) in [5.41, 5.74) is 0. The number of unbranched alkanes of at least 4 members (excludes halogenated alkanes) is 21. The Morgan fingerprint density at radius 2 is 0.717 bits per heavy atom. The van der Waals surface area contributed by atoms with E-state index in [9.17, 15) is 14.4 Å². The molecule has 0 heterocycles. The van der Waals surface area contributed by atoms with E-state index in [1.54, 1.807) is 0 Å². The molecule has 0 saturated heterocycles. The van der Waals surface area contributed by atoms with Gasteiger partial charge in [-0.1, -0.05) is 159 Å². The van der Waals surface area contributed by atoms with Crippen LogP contribution in [0.3, 0.4) is 0 Å². The van der Waals surface area contributed by atoms with E-state index >= 15 is 0 Å². The number of carbonyl (C=O) groups is 3. The standard InChI is InChI=1S/C47H82O6/c1-4-7-10-13-16-19-21-22-23-24-25-26-29-31-34-37-40-46(49)52-43-44(42-51-45(48)39-36-33-30-27-18-15-12-9-6-3)53-47(50)41-38-35-32-28-20-17-14-11-8-5-2/h14,17,23-27,30,44H,4-13,15-16,18-22,28-29,31-43H2,1-3H3/b17-14-,24-23-,26-25-,30-27-. The third-order valence-electron chi connectivity index (χ3n) is 9.30. The zero-order chi connectivity index (χ0) is 38.7. The second kappa shape index (κ2) is 42.1. The summed E-state index contributed by atoms with van der Waals surface area (Å²) in [6.45, 7) is 6.47. The van der Waals surface area contributed by atoms with Gasteiger partial charge in [0.25, 0.3) is 0 Å². The smallest absolute Gasteiger partial charge is 0.306 e. The first-order valence-electron chi connectivity index (χ1n) is 22.2. The van der Waals surface area contributed by atoms with Crippen molar-refractivity contribution >= 4 is 17.9 Å². The first-order valence-corrected chi connectivity index (χ1v) is 22.2. The fourth-order valence-corrected chi connectivity index (χ4v) is 5.89. The molecule has 306 valence electrons. The van der Waals surface area contributed by atoms with Gasteiger partial charge < -0.3 is 14.2 Å². The Morgan fingerprint density at radius 3 is 1.23 bits per heavy atom. The number of hydrogen-bond acceptors (Lipinski definition) is 6. The van der Waals surface area contributed by atoms with Gasteiger partial charge in [-0.15, -0.1) is 0 Å². The lowest BCUT2D eigenvalue weighted by Crippen LogP contribution is -2.30. The lowest BCUT2D eigenvalue weighted by atomic mass is 10.1.